The van der Waals surface area contributed by atoms with Gasteiger partial charge in [-0.15, -0.1) is 0 Å². The molecule has 26 heavy (non-hydrogen) atoms. The summed E-state index contributed by atoms with van der Waals surface area (Å²) in [5, 5.41) is 9.74. The van der Waals surface area contributed by atoms with E-state index in [1.807, 2.05) is 0 Å². The largest absolute Gasteiger partial charge is 0.469 e. The Kier molecular flexibility index (Phi) is 18.1. The molecule has 0 aromatic carbocycles. The standard InChI is InChI=1S/C23H36O3/c1-3-4-5-6-7-8-9-10-11-12-13-14-15-16-17-18-19-22(24)20-21-23(25)26-2/h4-5,7-8,10-11,13-14,16-17,22,24H,3,6,9,12,15,18-21H2,1-2H3/b5-4-,8-7-,11-10-,14-13-,17-16-. The molecule has 0 aromatic heterocycles. The molecule has 1 atom stereocenters. The van der Waals surface area contributed by atoms with Gasteiger partial charge in [-0.2, -0.15) is 0 Å². The zero-order valence-electron chi connectivity index (χ0n) is 16.5. The van der Waals surface area contributed by atoms with Crippen molar-refractivity contribution in [3.05, 3.63) is 60.8 Å². The van der Waals surface area contributed by atoms with E-state index in [1.54, 1.807) is 0 Å². The lowest BCUT2D eigenvalue weighted by Gasteiger charge is -2.07. The van der Waals surface area contributed by atoms with Crippen LogP contribution in [0.5, 0.6) is 0 Å². The van der Waals surface area contributed by atoms with Crippen LogP contribution in [0, 0.1) is 0 Å². The number of aliphatic hydroxyl groups excluding tert-OH is 1. The van der Waals surface area contributed by atoms with Crippen LogP contribution >= 0.6 is 0 Å². The second-order valence-electron chi connectivity index (χ2n) is 6.05. The van der Waals surface area contributed by atoms with Crippen LogP contribution in [0.1, 0.15) is 64.7 Å². The number of ether oxygens (including phenoxy) is 1. The fraction of sp³-hybridized carbons (Fsp3) is 0.522. The maximum absolute atomic E-state index is 11.0. The molecule has 0 spiro atoms. The van der Waals surface area contributed by atoms with Gasteiger partial charge in [0.05, 0.1) is 13.2 Å². The Morgan fingerprint density at radius 3 is 1.73 bits per heavy atom. The number of rotatable bonds is 15. The van der Waals surface area contributed by atoms with Gasteiger partial charge in [0.1, 0.15) is 0 Å². The molecule has 0 rings (SSSR count). The van der Waals surface area contributed by atoms with Crippen LogP contribution in [0.4, 0.5) is 0 Å². The average molecular weight is 361 g/mol. The van der Waals surface area contributed by atoms with E-state index in [4.69, 9.17) is 0 Å². The summed E-state index contributed by atoms with van der Waals surface area (Å²) < 4.78 is 4.55. The van der Waals surface area contributed by atoms with Crippen LogP contribution in [0.25, 0.3) is 0 Å². The number of hydrogen-bond donors (Lipinski definition) is 1. The first-order chi connectivity index (χ1) is 12.7. The molecule has 0 saturated carbocycles. The van der Waals surface area contributed by atoms with E-state index >= 15 is 0 Å². The first-order valence-electron chi connectivity index (χ1n) is 9.70. The molecule has 0 aliphatic carbocycles. The van der Waals surface area contributed by atoms with Crippen molar-refractivity contribution in [1.82, 2.24) is 0 Å². The summed E-state index contributed by atoms with van der Waals surface area (Å²) >= 11 is 0. The summed E-state index contributed by atoms with van der Waals surface area (Å²) in [6, 6.07) is 0. The minimum absolute atomic E-state index is 0.265. The van der Waals surface area contributed by atoms with Crippen molar-refractivity contribution < 1.29 is 14.6 Å². The molecule has 0 aliphatic rings. The van der Waals surface area contributed by atoms with E-state index in [9.17, 15) is 9.90 Å². The molecular formula is C23H36O3. The normalized spacial score (nSPS) is 13.8. The Bertz CT molecular complexity index is 470. The van der Waals surface area contributed by atoms with Crippen LogP contribution in [-0.4, -0.2) is 24.3 Å². The molecular weight excluding hydrogens is 324 g/mol. The van der Waals surface area contributed by atoms with Crippen molar-refractivity contribution in [2.75, 3.05) is 7.11 Å². The van der Waals surface area contributed by atoms with Gasteiger partial charge in [-0.25, -0.2) is 0 Å². The van der Waals surface area contributed by atoms with Gasteiger partial charge in [0, 0.05) is 6.42 Å². The zero-order chi connectivity index (χ0) is 19.3. The van der Waals surface area contributed by atoms with E-state index in [2.05, 4.69) is 72.4 Å². The van der Waals surface area contributed by atoms with Gasteiger partial charge in [0.15, 0.2) is 0 Å². The monoisotopic (exact) mass is 360 g/mol. The third kappa shape index (κ3) is 18.5. The SMILES string of the molecule is CC/C=C\C/C=C\C/C=C\C/C=C\C/C=C\CCC(O)CCC(=O)OC. The molecule has 1 unspecified atom stereocenters. The lowest BCUT2D eigenvalue weighted by molar-refractivity contribution is -0.141. The number of aliphatic hydroxyl groups is 1. The minimum Gasteiger partial charge on any atom is -0.469 e. The van der Waals surface area contributed by atoms with Crippen LogP contribution in [-0.2, 0) is 9.53 Å². The predicted octanol–water partition coefficient (Wildman–Crippen LogP) is 5.83. The third-order valence-electron chi connectivity index (χ3n) is 3.73. The number of carbonyl (C=O) groups excluding carboxylic acids is 1. The van der Waals surface area contributed by atoms with Crippen molar-refractivity contribution in [3.8, 4) is 0 Å². The van der Waals surface area contributed by atoms with Gasteiger partial charge in [0.25, 0.3) is 0 Å². The van der Waals surface area contributed by atoms with Gasteiger partial charge in [0.2, 0.25) is 0 Å². The van der Waals surface area contributed by atoms with Crippen molar-refractivity contribution in [2.24, 2.45) is 0 Å². The van der Waals surface area contributed by atoms with Crippen molar-refractivity contribution in [2.45, 2.75) is 70.8 Å². The highest BCUT2D eigenvalue weighted by atomic mass is 16.5. The minimum atomic E-state index is -0.434. The van der Waals surface area contributed by atoms with Crippen molar-refractivity contribution >= 4 is 5.97 Å². The van der Waals surface area contributed by atoms with Crippen molar-refractivity contribution in [3.63, 3.8) is 0 Å². The maximum Gasteiger partial charge on any atom is 0.305 e. The van der Waals surface area contributed by atoms with E-state index in [1.165, 1.54) is 7.11 Å². The quantitative estimate of drug-likeness (QED) is 0.295. The smallest absolute Gasteiger partial charge is 0.305 e. The second kappa shape index (κ2) is 19.5. The number of hydrogen-bond acceptors (Lipinski definition) is 3. The Balaban J connectivity index is 3.56. The lowest BCUT2D eigenvalue weighted by Crippen LogP contribution is -2.10. The fourth-order valence-corrected chi connectivity index (χ4v) is 2.19. The molecule has 0 aromatic rings. The van der Waals surface area contributed by atoms with Crippen LogP contribution in [0.2, 0.25) is 0 Å². The van der Waals surface area contributed by atoms with E-state index < -0.39 is 6.10 Å². The van der Waals surface area contributed by atoms with Gasteiger partial charge in [-0.1, -0.05) is 67.7 Å². The average Bonchev–Trinajstić information content (AvgIpc) is 2.65. The highest BCUT2D eigenvalue weighted by Crippen LogP contribution is 2.06. The topological polar surface area (TPSA) is 46.5 Å². The fourth-order valence-electron chi connectivity index (χ4n) is 2.19. The third-order valence-corrected chi connectivity index (χ3v) is 3.73. The molecule has 0 amide bonds. The predicted molar refractivity (Wildman–Crippen MR) is 111 cm³/mol. The first kappa shape index (κ1) is 24.1. The summed E-state index contributed by atoms with van der Waals surface area (Å²) in [4.78, 5) is 11.0. The zero-order valence-corrected chi connectivity index (χ0v) is 16.5. The van der Waals surface area contributed by atoms with Gasteiger partial charge >= 0.3 is 5.97 Å². The maximum atomic E-state index is 11.0. The summed E-state index contributed by atoms with van der Waals surface area (Å²) in [5.41, 5.74) is 0. The first-order valence-corrected chi connectivity index (χ1v) is 9.70. The molecule has 1 N–H and O–H groups in total. The van der Waals surface area contributed by atoms with Gasteiger partial charge in [-0.05, 0) is 51.4 Å². The Hall–Kier alpha value is -1.87. The number of esters is 1. The molecule has 0 fully saturated rings. The summed E-state index contributed by atoms with van der Waals surface area (Å²) in [6.45, 7) is 2.15. The van der Waals surface area contributed by atoms with Crippen LogP contribution < -0.4 is 0 Å². The summed E-state index contributed by atoms with van der Waals surface area (Å²) in [6.07, 6.45) is 28.5. The molecule has 0 radical (unpaired) electrons. The Morgan fingerprint density at radius 2 is 1.27 bits per heavy atom. The number of carbonyl (C=O) groups is 1. The highest BCUT2D eigenvalue weighted by molar-refractivity contribution is 5.69. The molecule has 146 valence electrons. The summed E-state index contributed by atoms with van der Waals surface area (Å²) in [7, 11) is 1.37. The second-order valence-corrected chi connectivity index (χ2v) is 6.05. The molecule has 0 heterocycles. The van der Waals surface area contributed by atoms with Crippen LogP contribution in [0.15, 0.2) is 60.8 Å². The lowest BCUT2D eigenvalue weighted by atomic mass is 10.1. The highest BCUT2D eigenvalue weighted by Gasteiger charge is 2.06. The summed E-state index contributed by atoms with van der Waals surface area (Å²) in [5.74, 6) is -0.265. The van der Waals surface area contributed by atoms with E-state index in [0.29, 0.717) is 12.8 Å². The molecule has 0 bridgehead atoms. The number of methoxy groups -OCH3 is 1. The van der Waals surface area contributed by atoms with E-state index in [0.717, 1.165) is 38.5 Å². The van der Waals surface area contributed by atoms with E-state index in [-0.39, 0.29) is 12.4 Å². The van der Waals surface area contributed by atoms with Gasteiger partial charge < -0.3 is 9.84 Å². The molecule has 0 saturated heterocycles. The molecule has 3 nitrogen and oxygen atoms in total. The van der Waals surface area contributed by atoms with Crippen molar-refractivity contribution in [1.29, 1.82) is 0 Å². The Morgan fingerprint density at radius 1 is 0.808 bits per heavy atom. The van der Waals surface area contributed by atoms with Crippen LogP contribution in [0.3, 0.4) is 0 Å². The number of allylic oxidation sites excluding steroid dienone is 10. The molecule has 3 heteroatoms. The van der Waals surface area contributed by atoms with Gasteiger partial charge in [-0.3, -0.25) is 4.79 Å². The molecule has 0 aliphatic heterocycles. The Labute approximate surface area is 159 Å².